The second kappa shape index (κ2) is 8.76. The summed E-state index contributed by atoms with van der Waals surface area (Å²) in [6.07, 6.45) is 10.1. The molecule has 1 heterocycles. The third kappa shape index (κ3) is 4.72. The number of amides is 3. The fourth-order valence-electron chi connectivity index (χ4n) is 6.75. The van der Waals surface area contributed by atoms with Crippen LogP contribution < -0.4 is 16.0 Å². The summed E-state index contributed by atoms with van der Waals surface area (Å²) in [7, 11) is 0. The molecule has 7 heteroatoms. The second-order valence-corrected chi connectivity index (χ2v) is 10.6. The van der Waals surface area contributed by atoms with Crippen molar-refractivity contribution in [2.45, 2.75) is 70.4 Å². The molecule has 2 unspecified atom stereocenters. The van der Waals surface area contributed by atoms with E-state index >= 15 is 0 Å². The highest BCUT2D eigenvalue weighted by atomic mass is 16.2. The molecular weight excluding hydrogens is 414 g/mol. The van der Waals surface area contributed by atoms with Crippen LogP contribution in [0.5, 0.6) is 0 Å². The van der Waals surface area contributed by atoms with E-state index in [0.29, 0.717) is 17.8 Å². The summed E-state index contributed by atoms with van der Waals surface area (Å²) in [4.78, 5) is 34.5. The Kier molecular flexibility index (Phi) is 5.81. The van der Waals surface area contributed by atoms with Crippen LogP contribution in [-0.2, 0) is 12.8 Å². The van der Waals surface area contributed by atoms with Crippen molar-refractivity contribution in [1.82, 2.24) is 20.6 Å². The zero-order chi connectivity index (χ0) is 23.0. The molecule has 0 aliphatic heterocycles. The van der Waals surface area contributed by atoms with Gasteiger partial charge < -0.3 is 10.6 Å². The first-order chi connectivity index (χ1) is 15.9. The lowest BCUT2D eigenvalue weighted by atomic mass is 9.61. The van der Waals surface area contributed by atoms with E-state index in [4.69, 9.17) is 0 Å². The van der Waals surface area contributed by atoms with Crippen LogP contribution in [0.25, 0.3) is 0 Å². The number of urea groups is 1. The lowest BCUT2D eigenvalue weighted by molar-refractivity contribution is 0.0641. The molecule has 3 amide bonds. The highest BCUT2D eigenvalue weighted by Crippen LogP contribution is 2.47. The number of fused-ring (bicyclic) bond motifs is 3. The van der Waals surface area contributed by atoms with Crippen molar-refractivity contribution in [3.63, 3.8) is 0 Å². The lowest BCUT2D eigenvalue weighted by Crippen LogP contribution is -2.57. The predicted octanol–water partition coefficient (Wildman–Crippen LogP) is 4.10. The number of hydrogen-bond acceptors (Lipinski definition) is 4. The minimum absolute atomic E-state index is 0.0156. The molecule has 3 aliphatic carbocycles. The fourth-order valence-corrected chi connectivity index (χ4v) is 6.75. The Bertz CT molecular complexity index is 1010. The first kappa shape index (κ1) is 21.9. The lowest BCUT2D eigenvalue weighted by Gasteiger charge is -2.50. The van der Waals surface area contributed by atoms with Gasteiger partial charge in [-0.3, -0.25) is 10.1 Å². The van der Waals surface area contributed by atoms with Gasteiger partial charge in [-0.2, -0.15) is 0 Å². The first-order valence-electron chi connectivity index (χ1n) is 12.2. The first-order valence-corrected chi connectivity index (χ1v) is 12.2. The van der Waals surface area contributed by atoms with E-state index in [-0.39, 0.29) is 35.0 Å². The number of carbonyl (C=O) groups excluding carboxylic acids is 2. The van der Waals surface area contributed by atoms with Gasteiger partial charge in [-0.1, -0.05) is 38.1 Å². The molecule has 0 spiro atoms. The molecule has 0 saturated heterocycles. The van der Waals surface area contributed by atoms with Crippen LogP contribution >= 0.6 is 0 Å². The molecule has 7 nitrogen and oxygen atoms in total. The van der Waals surface area contributed by atoms with Crippen molar-refractivity contribution in [3.8, 4) is 0 Å². The Balaban J connectivity index is 1.25. The van der Waals surface area contributed by atoms with Crippen LogP contribution in [0.4, 0.5) is 10.6 Å². The van der Waals surface area contributed by atoms with Crippen LogP contribution in [0, 0.1) is 17.8 Å². The van der Waals surface area contributed by atoms with Crippen LogP contribution in [0.2, 0.25) is 0 Å². The monoisotopic (exact) mass is 447 g/mol. The van der Waals surface area contributed by atoms with Gasteiger partial charge in [-0.15, -0.1) is 0 Å². The van der Waals surface area contributed by atoms with Crippen LogP contribution in [-0.4, -0.2) is 33.5 Å². The molecule has 33 heavy (non-hydrogen) atoms. The maximum atomic E-state index is 13.0. The zero-order valence-corrected chi connectivity index (χ0v) is 19.4. The van der Waals surface area contributed by atoms with Gasteiger partial charge >= 0.3 is 6.03 Å². The largest absolute Gasteiger partial charge is 0.347 e. The quantitative estimate of drug-likeness (QED) is 0.657. The van der Waals surface area contributed by atoms with E-state index in [0.717, 1.165) is 32.1 Å². The molecular formula is C26H33N5O2. The number of rotatable bonds is 4. The van der Waals surface area contributed by atoms with Crippen molar-refractivity contribution in [1.29, 1.82) is 0 Å². The molecule has 2 bridgehead atoms. The third-order valence-electron chi connectivity index (χ3n) is 7.54. The van der Waals surface area contributed by atoms with Gasteiger partial charge in [0.25, 0.3) is 5.91 Å². The molecule has 2 saturated carbocycles. The van der Waals surface area contributed by atoms with Gasteiger partial charge in [0.1, 0.15) is 0 Å². The number of hydrogen-bond donors (Lipinski definition) is 3. The highest BCUT2D eigenvalue weighted by Gasteiger charge is 2.45. The van der Waals surface area contributed by atoms with Gasteiger partial charge in [-0.05, 0) is 73.8 Å². The summed E-state index contributed by atoms with van der Waals surface area (Å²) >= 11 is 0. The van der Waals surface area contributed by atoms with Gasteiger partial charge in [0, 0.05) is 24.0 Å². The van der Waals surface area contributed by atoms with Gasteiger partial charge in [-0.25, -0.2) is 14.8 Å². The van der Waals surface area contributed by atoms with Crippen molar-refractivity contribution in [2.24, 2.45) is 17.8 Å². The molecule has 3 N–H and O–H groups in total. The summed E-state index contributed by atoms with van der Waals surface area (Å²) in [6, 6.07) is 7.95. The van der Waals surface area contributed by atoms with E-state index < -0.39 is 0 Å². The molecule has 1 aromatic carbocycles. The van der Waals surface area contributed by atoms with E-state index in [1.54, 1.807) is 0 Å². The Morgan fingerprint density at radius 2 is 1.58 bits per heavy atom. The summed E-state index contributed by atoms with van der Waals surface area (Å²) < 4.78 is 0. The van der Waals surface area contributed by atoms with Crippen molar-refractivity contribution < 1.29 is 9.59 Å². The van der Waals surface area contributed by atoms with Gasteiger partial charge in [0.2, 0.25) is 0 Å². The average molecular weight is 448 g/mol. The predicted molar refractivity (Wildman–Crippen MR) is 127 cm³/mol. The zero-order valence-electron chi connectivity index (χ0n) is 19.4. The number of aromatic nitrogens is 2. The maximum Gasteiger partial charge on any atom is 0.320 e. The Labute approximate surface area is 195 Å². The van der Waals surface area contributed by atoms with Gasteiger partial charge in [0.05, 0.1) is 0 Å². The second-order valence-electron chi connectivity index (χ2n) is 10.6. The van der Waals surface area contributed by atoms with E-state index in [9.17, 15) is 9.59 Å². The fraction of sp³-hybridized carbons (Fsp3) is 0.538. The van der Waals surface area contributed by atoms with Crippen LogP contribution in [0.3, 0.4) is 0 Å². The van der Waals surface area contributed by atoms with Crippen LogP contribution in [0.1, 0.15) is 67.6 Å². The number of nitrogens with zero attached hydrogens (tertiary/aromatic N) is 2. The summed E-state index contributed by atoms with van der Waals surface area (Å²) in [6.45, 7) is 4.56. The maximum absolute atomic E-state index is 13.0. The smallest absolute Gasteiger partial charge is 0.320 e. The number of anilines is 1. The molecule has 5 rings (SSSR count). The Hall–Kier alpha value is -2.96. The van der Waals surface area contributed by atoms with Crippen LogP contribution in [0.15, 0.2) is 36.7 Å². The summed E-state index contributed by atoms with van der Waals surface area (Å²) in [5.74, 6) is 1.76. The summed E-state index contributed by atoms with van der Waals surface area (Å²) in [5.41, 5.74) is 2.50. The molecule has 1 aromatic heterocycles. The number of carbonyl (C=O) groups is 2. The van der Waals surface area contributed by atoms with Crippen molar-refractivity contribution in [2.75, 3.05) is 5.32 Å². The minimum Gasteiger partial charge on any atom is -0.347 e. The topological polar surface area (TPSA) is 96.0 Å². The molecule has 3 aliphatic rings. The van der Waals surface area contributed by atoms with Crippen molar-refractivity contribution >= 4 is 17.8 Å². The molecule has 174 valence electrons. The Morgan fingerprint density at radius 3 is 2.24 bits per heavy atom. The normalized spacial score (nSPS) is 28.6. The molecule has 2 fully saturated rings. The number of benzene rings is 1. The molecule has 2 atom stereocenters. The van der Waals surface area contributed by atoms with E-state index in [2.05, 4.69) is 51.9 Å². The van der Waals surface area contributed by atoms with Gasteiger partial charge in [0.15, 0.2) is 11.5 Å². The average Bonchev–Trinajstić information content (AvgIpc) is 3.14. The summed E-state index contributed by atoms with van der Waals surface area (Å²) in [5, 5.41) is 9.17. The third-order valence-corrected chi connectivity index (χ3v) is 7.54. The minimum atomic E-state index is -0.313. The Morgan fingerprint density at radius 1 is 0.939 bits per heavy atom. The standard InChI is InChI=1S/C26H33N5O2/c1-16-9-18-10-17(2)14-26(13-16,15-18)31-25(33)30-23-22(27-7-8-28-23)24(32)29-21-11-19-5-3-4-6-20(19)12-21/h3-8,16-18,21H,9-15H2,1-2H3,(H,29,32)(H2,28,30,31,33). The van der Waals surface area contributed by atoms with Crippen molar-refractivity contribution in [3.05, 3.63) is 53.5 Å². The number of nitrogens with one attached hydrogen (secondary N) is 3. The van der Waals surface area contributed by atoms with E-state index in [1.807, 2.05) is 12.1 Å². The SMILES string of the molecule is CC1CC2CC(C)CC(NC(=O)Nc3nccnc3C(=O)NC3Cc4ccccc4C3)(C1)C2. The van der Waals surface area contributed by atoms with E-state index in [1.165, 1.54) is 36.4 Å². The molecule has 0 radical (unpaired) electrons. The highest BCUT2D eigenvalue weighted by molar-refractivity contribution is 6.01. The molecule has 2 aromatic rings.